The van der Waals surface area contributed by atoms with Gasteiger partial charge in [-0.25, -0.2) is 4.85 Å². The Morgan fingerprint density at radius 2 is 1.88 bits per heavy atom. The van der Waals surface area contributed by atoms with Crippen molar-refractivity contribution in [2.45, 2.75) is 12.8 Å². The maximum absolute atomic E-state index is 12.8. The van der Waals surface area contributed by atoms with Crippen LogP contribution in [-0.2, 0) is 4.79 Å². The fraction of sp³-hybridized carbons (Fsp3) is 0.318. The van der Waals surface area contributed by atoms with Gasteiger partial charge in [0.15, 0.2) is 0 Å². The number of nitro groups is 1. The van der Waals surface area contributed by atoms with E-state index in [1.165, 1.54) is 12.1 Å². The lowest BCUT2D eigenvalue weighted by molar-refractivity contribution is -0.383. The van der Waals surface area contributed by atoms with Crippen LogP contribution in [-0.4, -0.2) is 49.5 Å². The zero-order chi connectivity index (χ0) is 22.7. The number of anilines is 3. The first-order valence-electron chi connectivity index (χ1n) is 10.4. The third-order valence-electron chi connectivity index (χ3n) is 5.63. The molecule has 0 saturated carbocycles. The van der Waals surface area contributed by atoms with Gasteiger partial charge in [-0.3, -0.25) is 19.7 Å². The Bertz CT molecular complexity index is 1100. The van der Waals surface area contributed by atoms with Crippen molar-refractivity contribution in [2.75, 3.05) is 47.8 Å². The molecule has 2 N–H and O–H groups in total. The molecule has 32 heavy (non-hydrogen) atoms. The minimum Gasteiger partial charge on any atom is -0.378 e. The third-order valence-corrected chi connectivity index (χ3v) is 5.63. The molecule has 0 spiro atoms. The number of nitrogens with zero attached hydrogens (tertiary/aromatic N) is 4. The molecule has 2 aliphatic heterocycles. The van der Waals surface area contributed by atoms with Gasteiger partial charge in [-0.2, -0.15) is 0 Å². The Kier molecular flexibility index (Phi) is 6.00. The van der Waals surface area contributed by atoms with Crippen LogP contribution in [0.2, 0.25) is 0 Å². The van der Waals surface area contributed by atoms with Crippen LogP contribution in [0.4, 0.5) is 28.4 Å². The predicted octanol–water partition coefficient (Wildman–Crippen LogP) is 2.93. The van der Waals surface area contributed by atoms with Gasteiger partial charge < -0.3 is 20.4 Å². The quantitative estimate of drug-likeness (QED) is 0.425. The lowest BCUT2D eigenvalue weighted by Gasteiger charge is -2.30. The molecule has 2 aliphatic rings. The fourth-order valence-corrected chi connectivity index (χ4v) is 3.97. The van der Waals surface area contributed by atoms with Crippen molar-refractivity contribution in [3.8, 4) is 0 Å². The summed E-state index contributed by atoms with van der Waals surface area (Å²) in [6.07, 6.45) is 1.32. The number of nitro benzene ring substituents is 1. The highest BCUT2D eigenvalue weighted by molar-refractivity contribution is 6.06. The lowest BCUT2D eigenvalue weighted by Crippen LogP contribution is -2.43. The highest BCUT2D eigenvalue weighted by Gasteiger charge is 2.25. The molecule has 2 aromatic carbocycles. The second-order valence-electron chi connectivity index (χ2n) is 7.61. The number of hydrogen-bond acceptors (Lipinski definition) is 6. The summed E-state index contributed by atoms with van der Waals surface area (Å²) in [6.45, 7) is 10.9. The highest BCUT2D eigenvalue weighted by Crippen LogP contribution is 2.39. The third kappa shape index (κ3) is 4.24. The van der Waals surface area contributed by atoms with Gasteiger partial charge in [-0.1, -0.05) is 0 Å². The molecule has 2 heterocycles. The first kappa shape index (κ1) is 21.3. The molecule has 10 nitrogen and oxygen atoms in total. The van der Waals surface area contributed by atoms with Crippen LogP contribution < -0.4 is 20.4 Å². The zero-order valence-corrected chi connectivity index (χ0v) is 17.3. The van der Waals surface area contributed by atoms with E-state index in [1.54, 1.807) is 29.2 Å². The van der Waals surface area contributed by atoms with Crippen molar-refractivity contribution in [3.05, 3.63) is 63.5 Å². The maximum Gasteiger partial charge on any atom is 0.282 e. The average molecular weight is 434 g/mol. The molecular formula is C22H22N6O4. The number of carbonyl (C=O) groups excluding carboxylic acids is 2. The summed E-state index contributed by atoms with van der Waals surface area (Å²) in [6, 6.07) is 9.29. The highest BCUT2D eigenvalue weighted by atomic mass is 16.6. The molecule has 2 amide bonds. The number of piperazine rings is 1. The molecule has 10 heteroatoms. The van der Waals surface area contributed by atoms with Crippen LogP contribution in [0.25, 0.3) is 4.85 Å². The summed E-state index contributed by atoms with van der Waals surface area (Å²) in [7, 11) is 0. The Morgan fingerprint density at radius 1 is 1.16 bits per heavy atom. The van der Waals surface area contributed by atoms with Crippen LogP contribution in [0.3, 0.4) is 0 Å². The Balaban J connectivity index is 1.60. The van der Waals surface area contributed by atoms with Gasteiger partial charge in [0, 0.05) is 62.1 Å². The molecule has 2 saturated heterocycles. The van der Waals surface area contributed by atoms with E-state index in [9.17, 15) is 19.7 Å². The maximum atomic E-state index is 12.8. The van der Waals surface area contributed by atoms with E-state index in [1.807, 2.05) is 4.90 Å². The van der Waals surface area contributed by atoms with E-state index < -0.39 is 10.8 Å². The number of hydrogen-bond donors (Lipinski definition) is 2. The van der Waals surface area contributed by atoms with Gasteiger partial charge in [0.05, 0.1) is 11.5 Å². The second-order valence-corrected chi connectivity index (χ2v) is 7.61. The van der Waals surface area contributed by atoms with Crippen LogP contribution in [0.15, 0.2) is 36.4 Å². The van der Waals surface area contributed by atoms with Crippen LogP contribution in [0.5, 0.6) is 0 Å². The number of amides is 2. The summed E-state index contributed by atoms with van der Waals surface area (Å²) < 4.78 is 0. The van der Waals surface area contributed by atoms with E-state index in [4.69, 9.17) is 6.57 Å². The van der Waals surface area contributed by atoms with E-state index in [-0.39, 0.29) is 23.0 Å². The molecule has 4 rings (SSSR count). The molecule has 0 unspecified atom stereocenters. The SMILES string of the molecule is [C-]#[N+]c1cc([N+](=O)[O-])c(NC(=O)c2ccc(N3CCCC3=O)cc2)cc1N1CCNCC1. The van der Waals surface area contributed by atoms with Gasteiger partial charge >= 0.3 is 0 Å². The molecule has 0 aromatic heterocycles. The second kappa shape index (κ2) is 9.03. The first-order chi connectivity index (χ1) is 15.5. The molecule has 2 aromatic rings. The number of carbonyl (C=O) groups is 2. The molecule has 164 valence electrons. The van der Waals surface area contributed by atoms with Gasteiger partial charge in [0.2, 0.25) is 11.6 Å². The Morgan fingerprint density at radius 3 is 2.47 bits per heavy atom. The van der Waals surface area contributed by atoms with Gasteiger partial charge in [0.25, 0.3) is 11.6 Å². The first-order valence-corrected chi connectivity index (χ1v) is 10.4. The Labute approximate surface area is 184 Å². The van der Waals surface area contributed by atoms with Crippen LogP contribution in [0, 0.1) is 16.7 Å². The van der Waals surface area contributed by atoms with E-state index >= 15 is 0 Å². The van der Waals surface area contributed by atoms with E-state index in [0.717, 1.165) is 25.2 Å². The lowest BCUT2D eigenvalue weighted by atomic mass is 10.1. The van der Waals surface area contributed by atoms with Gasteiger partial charge in [-0.05, 0) is 36.8 Å². The standard InChI is InChI=1S/C22H22N6O4/c1-23-17-13-20(28(31)32)18(14-19(17)26-11-8-24-9-12-26)25-22(30)15-4-6-16(7-5-15)27-10-2-3-21(27)29/h4-7,13-14,24H,2-3,8-12H2,(H,25,30). The summed E-state index contributed by atoms with van der Waals surface area (Å²) in [4.78, 5) is 42.9. The molecular weight excluding hydrogens is 412 g/mol. The largest absolute Gasteiger partial charge is 0.378 e. The van der Waals surface area contributed by atoms with Crippen LogP contribution >= 0.6 is 0 Å². The average Bonchev–Trinajstić information content (AvgIpc) is 3.25. The zero-order valence-electron chi connectivity index (χ0n) is 17.3. The van der Waals surface area contributed by atoms with E-state index in [0.29, 0.717) is 37.3 Å². The summed E-state index contributed by atoms with van der Waals surface area (Å²) in [5.74, 6) is -0.451. The number of rotatable bonds is 5. The molecule has 0 radical (unpaired) electrons. The Hall–Kier alpha value is -3.97. The van der Waals surface area contributed by atoms with Gasteiger partial charge in [-0.15, -0.1) is 0 Å². The van der Waals surface area contributed by atoms with Crippen molar-refractivity contribution >= 4 is 40.3 Å². The smallest absolute Gasteiger partial charge is 0.282 e. The topological polar surface area (TPSA) is 112 Å². The number of nitrogens with one attached hydrogen (secondary N) is 2. The number of benzene rings is 2. The molecule has 0 bridgehead atoms. The summed E-state index contributed by atoms with van der Waals surface area (Å²) >= 11 is 0. The normalized spacial score (nSPS) is 16.0. The molecule has 2 fully saturated rings. The summed E-state index contributed by atoms with van der Waals surface area (Å²) in [5, 5.41) is 17.5. The fourth-order valence-electron chi connectivity index (χ4n) is 3.97. The van der Waals surface area contributed by atoms with Crippen molar-refractivity contribution < 1.29 is 14.5 Å². The monoisotopic (exact) mass is 434 g/mol. The van der Waals surface area contributed by atoms with Crippen molar-refractivity contribution in [1.82, 2.24) is 5.32 Å². The minimum absolute atomic E-state index is 0.0414. The van der Waals surface area contributed by atoms with E-state index in [2.05, 4.69) is 15.5 Å². The van der Waals surface area contributed by atoms with Crippen molar-refractivity contribution in [2.24, 2.45) is 0 Å². The molecule has 0 aliphatic carbocycles. The van der Waals surface area contributed by atoms with Crippen molar-refractivity contribution in [1.29, 1.82) is 0 Å². The van der Waals surface area contributed by atoms with Crippen LogP contribution in [0.1, 0.15) is 23.2 Å². The predicted molar refractivity (Wildman–Crippen MR) is 120 cm³/mol. The summed E-state index contributed by atoms with van der Waals surface area (Å²) in [5.41, 5.74) is 1.48. The molecule has 0 atom stereocenters. The van der Waals surface area contributed by atoms with Crippen molar-refractivity contribution in [3.63, 3.8) is 0 Å². The van der Waals surface area contributed by atoms with Gasteiger partial charge in [0.1, 0.15) is 5.69 Å². The minimum atomic E-state index is -0.603.